The van der Waals surface area contributed by atoms with Crippen molar-refractivity contribution in [3.63, 3.8) is 0 Å². The van der Waals surface area contributed by atoms with Crippen LogP contribution in [0.25, 0.3) is 0 Å². The Morgan fingerprint density at radius 1 is 1.50 bits per heavy atom. The van der Waals surface area contributed by atoms with Gasteiger partial charge < -0.3 is 10.1 Å². The van der Waals surface area contributed by atoms with Crippen LogP contribution in [-0.2, 0) is 6.54 Å². The van der Waals surface area contributed by atoms with Crippen LogP contribution in [0.2, 0.25) is 5.15 Å². The summed E-state index contributed by atoms with van der Waals surface area (Å²) >= 11 is 5.70. The number of hydrogen-bond acceptors (Lipinski definition) is 5. The van der Waals surface area contributed by atoms with Crippen LogP contribution in [0.1, 0.15) is 5.69 Å². The van der Waals surface area contributed by atoms with E-state index in [9.17, 15) is 10.1 Å². The number of aromatic nitrogens is 4. The maximum atomic E-state index is 10.4. The smallest absolute Gasteiger partial charge is 0.390 e. The van der Waals surface area contributed by atoms with E-state index in [1.165, 1.54) is 11.0 Å². The first-order valence-electron chi connectivity index (χ1n) is 4.30. The molecule has 2 rings (SSSR count). The molecule has 0 amide bonds. The fourth-order valence-electron chi connectivity index (χ4n) is 1.15. The van der Waals surface area contributed by atoms with Crippen LogP contribution >= 0.6 is 11.6 Å². The minimum atomic E-state index is -0.651. The van der Waals surface area contributed by atoms with Crippen molar-refractivity contribution in [2.75, 3.05) is 0 Å². The van der Waals surface area contributed by atoms with E-state index in [0.717, 1.165) is 0 Å². The van der Waals surface area contributed by atoms with Crippen molar-refractivity contribution >= 4 is 17.5 Å². The number of nitro groups is 1. The van der Waals surface area contributed by atoms with Crippen LogP contribution in [0.3, 0.4) is 0 Å². The molecule has 0 N–H and O–H groups in total. The summed E-state index contributed by atoms with van der Waals surface area (Å²) in [6, 6.07) is 5.14. The monoisotopic (exact) mass is 239 g/mol. The van der Waals surface area contributed by atoms with Gasteiger partial charge in [0.15, 0.2) is 0 Å². The highest BCUT2D eigenvalue weighted by molar-refractivity contribution is 6.29. The molecule has 0 aliphatic rings. The van der Waals surface area contributed by atoms with Crippen molar-refractivity contribution in [1.82, 2.24) is 19.7 Å². The number of pyridine rings is 1. The normalized spacial score (nSPS) is 10.3. The number of hydrogen-bond donors (Lipinski definition) is 0. The highest BCUT2D eigenvalue weighted by Crippen LogP contribution is 2.07. The van der Waals surface area contributed by atoms with Gasteiger partial charge >= 0.3 is 5.95 Å². The molecule has 0 aliphatic carbocycles. The van der Waals surface area contributed by atoms with E-state index < -0.39 is 10.9 Å². The van der Waals surface area contributed by atoms with E-state index >= 15 is 0 Å². The summed E-state index contributed by atoms with van der Waals surface area (Å²) in [5.74, 6) is -0.429. The van der Waals surface area contributed by atoms with Crippen molar-refractivity contribution in [3.8, 4) is 0 Å². The Hall–Kier alpha value is -2.02. The quantitative estimate of drug-likeness (QED) is 0.457. The molecule has 2 aromatic heterocycles. The predicted molar refractivity (Wildman–Crippen MR) is 55.0 cm³/mol. The van der Waals surface area contributed by atoms with Gasteiger partial charge in [0.25, 0.3) is 0 Å². The molecule has 0 radical (unpaired) electrons. The number of halogens is 1. The van der Waals surface area contributed by atoms with Gasteiger partial charge in [-0.1, -0.05) is 22.7 Å². The molecule has 82 valence electrons. The molecule has 0 aliphatic heterocycles. The maximum absolute atomic E-state index is 10.4. The Balaban J connectivity index is 2.17. The van der Waals surface area contributed by atoms with Gasteiger partial charge in [-0.05, 0) is 17.1 Å². The molecule has 8 heteroatoms. The third-order valence-electron chi connectivity index (χ3n) is 1.78. The predicted octanol–water partition coefficient (Wildman–Crippen LogP) is 1.28. The second kappa shape index (κ2) is 4.23. The zero-order valence-corrected chi connectivity index (χ0v) is 8.70. The van der Waals surface area contributed by atoms with Crippen molar-refractivity contribution < 1.29 is 4.92 Å². The summed E-state index contributed by atoms with van der Waals surface area (Å²) in [7, 11) is 0. The summed E-state index contributed by atoms with van der Waals surface area (Å²) in [6.07, 6.45) is 1.28. The summed E-state index contributed by atoms with van der Waals surface area (Å²) in [5, 5.41) is 14.4. The van der Waals surface area contributed by atoms with Crippen LogP contribution in [0, 0.1) is 10.1 Å². The lowest BCUT2D eigenvalue weighted by Gasteiger charge is -1.97. The lowest BCUT2D eigenvalue weighted by atomic mass is 10.3. The van der Waals surface area contributed by atoms with Gasteiger partial charge in [-0.3, -0.25) is 0 Å². The molecular weight excluding hydrogens is 234 g/mol. The van der Waals surface area contributed by atoms with Gasteiger partial charge in [0.1, 0.15) is 11.7 Å². The fourth-order valence-corrected chi connectivity index (χ4v) is 1.33. The number of nitrogens with zero attached hydrogens (tertiary/aromatic N) is 5. The summed E-state index contributed by atoms with van der Waals surface area (Å²) in [5.41, 5.74) is 0.660. The average Bonchev–Trinajstić information content (AvgIpc) is 2.66. The largest absolute Gasteiger partial charge is 0.490 e. The van der Waals surface area contributed by atoms with E-state index in [1.54, 1.807) is 18.2 Å². The zero-order chi connectivity index (χ0) is 11.5. The van der Waals surface area contributed by atoms with Crippen LogP contribution in [0.15, 0.2) is 24.5 Å². The van der Waals surface area contributed by atoms with Crippen LogP contribution in [0.5, 0.6) is 0 Å². The van der Waals surface area contributed by atoms with Crippen molar-refractivity contribution in [2.45, 2.75) is 6.54 Å². The molecule has 2 aromatic rings. The van der Waals surface area contributed by atoms with Gasteiger partial charge in [-0.25, -0.2) is 4.98 Å². The topological polar surface area (TPSA) is 86.7 Å². The van der Waals surface area contributed by atoms with Crippen LogP contribution in [0.4, 0.5) is 5.95 Å². The summed E-state index contributed by atoms with van der Waals surface area (Å²) in [6.45, 7) is 0.293. The van der Waals surface area contributed by atoms with Crippen LogP contribution in [-0.4, -0.2) is 24.7 Å². The van der Waals surface area contributed by atoms with E-state index in [1.807, 2.05) is 0 Å². The SMILES string of the molecule is O=[N+]([O-])c1ncn(Cc2cccc(Cl)n2)n1. The maximum Gasteiger partial charge on any atom is 0.490 e. The fraction of sp³-hybridized carbons (Fsp3) is 0.125. The third kappa shape index (κ3) is 2.31. The molecule has 0 aromatic carbocycles. The van der Waals surface area contributed by atoms with Gasteiger partial charge in [-0.15, -0.1) is 0 Å². The van der Waals surface area contributed by atoms with Crippen molar-refractivity contribution in [3.05, 3.63) is 45.5 Å². The van der Waals surface area contributed by atoms with Gasteiger partial charge in [-0.2, -0.15) is 4.68 Å². The molecule has 16 heavy (non-hydrogen) atoms. The second-order valence-electron chi connectivity index (χ2n) is 2.95. The molecule has 0 unspecified atom stereocenters. The first kappa shape index (κ1) is 10.5. The van der Waals surface area contributed by atoms with Crippen LogP contribution < -0.4 is 0 Å². The molecule has 0 bridgehead atoms. The minimum Gasteiger partial charge on any atom is -0.390 e. The standard InChI is InChI=1S/C8H6ClN5O2/c9-7-3-1-2-6(11-7)4-13-5-10-8(12-13)14(15)16/h1-3,5H,4H2. The van der Waals surface area contributed by atoms with Crippen molar-refractivity contribution in [2.24, 2.45) is 0 Å². The lowest BCUT2D eigenvalue weighted by Crippen LogP contribution is -2.03. The van der Waals surface area contributed by atoms with Gasteiger partial charge in [0, 0.05) is 5.10 Å². The van der Waals surface area contributed by atoms with E-state index in [0.29, 0.717) is 17.4 Å². The highest BCUT2D eigenvalue weighted by Gasteiger charge is 2.13. The minimum absolute atomic E-state index is 0.293. The molecule has 0 fully saturated rings. The average molecular weight is 240 g/mol. The molecular formula is C8H6ClN5O2. The van der Waals surface area contributed by atoms with E-state index in [-0.39, 0.29) is 0 Å². The zero-order valence-electron chi connectivity index (χ0n) is 7.95. The molecule has 0 saturated carbocycles. The Kier molecular flexibility index (Phi) is 2.78. The molecule has 0 spiro atoms. The first-order valence-corrected chi connectivity index (χ1v) is 4.68. The molecule has 0 saturated heterocycles. The Labute approximate surface area is 94.9 Å². The lowest BCUT2D eigenvalue weighted by molar-refractivity contribution is -0.394. The Morgan fingerprint density at radius 3 is 2.94 bits per heavy atom. The molecule has 2 heterocycles. The van der Waals surface area contributed by atoms with Crippen molar-refractivity contribution in [1.29, 1.82) is 0 Å². The van der Waals surface area contributed by atoms with E-state index in [4.69, 9.17) is 11.6 Å². The summed E-state index contributed by atoms with van der Waals surface area (Å²) < 4.78 is 1.33. The van der Waals surface area contributed by atoms with E-state index in [2.05, 4.69) is 15.1 Å². The highest BCUT2D eigenvalue weighted by atomic mass is 35.5. The Morgan fingerprint density at radius 2 is 2.31 bits per heavy atom. The molecule has 0 atom stereocenters. The number of rotatable bonds is 3. The summed E-state index contributed by atoms with van der Waals surface area (Å²) in [4.78, 5) is 17.3. The third-order valence-corrected chi connectivity index (χ3v) is 1.99. The van der Waals surface area contributed by atoms with Gasteiger partial charge in [0.05, 0.1) is 5.69 Å². The second-order valence-corrected chi connectivity index (χ2v) is 3.34. The Bertz CT molecular complexity index is 527. The first-order chi connectivity index (χ1) is 7.65. The molecule has 7 nitrogen and oxygen atoms in total. The van der Waals surface area contributed by atoms with Gasteiger partial charge in [0.2, 0.25) is 6.33 Å².